The third kappa shape index (κ3) is 5.80. The van der Waals surface area contributed by atoms with Gasteiger partial charge in [0.15, 0.2) is 0 Å². The Hall–Kier alpha value is -0.770. The van der Waals surface area contributed by atoms with Crippen LogP contribution in [0.5, 0.6) is 0 Å². The molecule has 1 amide bonds. The molecule has 0 aromatic carbocycles. The molecule has 82 valence electrons. The molecule has 0 saturated carbocycles. The molecule has 0 saturated heterocycles. The number of rotatable bonds is 3. The highest BCUT2D eigenvalue weighted by Gasteiger charge is 2.20. The van der Waals surface area contributed by atoms with E-state index in [1.807, 2.05) is 0 Å². The van der Waals surface area contributed by atoms with Crippen molar-refractivity contribution >= 4 is 23.7 Å². The first kappa shape index (κ1) is 13.2. The van der Waals surface area contributed by atoms with Crippen LogP contribution in [0, 0.1) is 0 Å². The third-order valence-corrected chi connectivity index (χ3v) is 1.57. The summed E-state index contributed by atoms with van der Waals surface area (Å²) in [6, 6.07) is 0. The van der Waals surface area contributed by atoms with Crippen molar-refractivity contribution in [2.75, 3.05) is 6.54 Å². The average Bonchev–Trinajstić information content (AvgIpc) is 1.99. The molecule has 0 unspecified atom stereocenters. The zero-order chi connectivity index (χ0) is 11.4. The van der Waals surface area contributed by atoms with Crippen LogP contribution in [0.25, 0.3) is 0 Å². The van der Waals surface area contributed by atoms with Crippen LogP contribution in [0.4, 0.5) is 0 Å². The summed E-state index contributed by atoms with van der Waals surface area (Å²) in [5.41, 5.74) is -0.552. The van der Waals surface area contributed by atoms with Crippen molar-refractivity contribution in [3.05, 3.63) is 0 Å². The van der Waals surface area contributed by atoms with Gasteiger partial charge in [0.2, 0.25) is 5.91 Å². The number of esters is 1. The van der Waals surface area contributed by atoms with Crippen molar-refractivity contribution in [3.8, 4) is 0 Å². The van der Waals surface area contributed by atoms with E-state index in [1.165, 1.54) is 0 Å². The van der Waals surface area contributed by atoms with Gasteiger partial charge in [0, 0.05) is 18.2 Å². The fourth-order valence-corrected chi connectivity index (χ4v) is 0.964. The highest BCUT2D eigenvalue weighted by Crippen LogP contribution is 2.08. The predicted molar refractivity (Wildman–Crippen MR) is 53.7 cm³/mol. The Kier molecular flexibility index (Phi) is 4.91. The molecule has 0 heterocycles. The van der Waals surface area contributed by atoms with Gasteiger partial charge in [-0.2, -0.15) is 0 Å². The molecule has 0 radical (unpaired) electrons. The topological polar surface area (TPSA) is 46.6 Å². The van der Waals surface area contributed by atoms with Gasteiger partial charge in [0.1, 0.15) is 12.1 Å². The molecular formula is C9H16ClNO3. The maximum Gasteiger partial charge on any atom is 0.327 e. The van der Waals surface area contributed by atoms with Crippen molar-refractivity contribution in [3.63, 3.8) is 0 Å². The molecule has 0 N–H and O–H groups in total. The summed E-state index contributed by atoms with van der Waals surface area (Å²) in [6.45, 7) is 6.72. The van der Waals surface area contributed by atoms with Gasteiger partial charge in [0.25, 0.3) is 0 Å². The second-order valence-corrected chi connectivity index (χ2v) is 4.26. The van der Waals surface area contributed by atoms with E-state index in [9.17, 15) is 9.59 Å². The number of ether oxygens (including phenoxy) is 1. The largest absolute Gasteiger partial charge is 0.459 e. The van der Waals surface area contributed by atoms with Gasteiger partial charge in [-0.3, -0.25) is 9.59 Å². The number of carbonyl (C=O) groups excluding carboxylic acids is 2. The predicted octanol–water partition coefficient (Wildman–Crippen LogP) is 1.72. The normalized spacial score (nSPS) is 10.9. The monoisotopic (exact) mass is 221 g/mol. The minimum absolute atomic E-state index is 0.217. The lowest BCUT2D eigenvalue weighted by Crippen LogP contribution is -2.33. The van der Waals surface area contributed by atoms with Gasteiger partial charge in [-0.1, -0.05) is 6.92 Å². The molecule has 0 bridgehead atoms. The Morgan fingerprint density at radius 3 is 2.21 bits per heavy atom. The summed E-state index contributed by atoms with van der Waals surface area (Å²) in [4.78, 5) is 22.2. The van der Waals surface area contributed by atoms with Crippen molar-refractivity contribution in [1.29, 1.82) is 0 Å². The Labute approximate surface area is 89.3 Å². The molecule has 14 heavy (non-hydrogen) atoms. The molecule has 0 aliphatic heterocycles. The zero-order valence-electron chi connectivity index (χ0n) is 8.96. The molecule has 4 nitrogen and oxygen atoms in total. The molecule has 0 aliphatic rings. The first-order valence-corrected chi connectivity index (χ1v) is 4.78. The number of nitrogens with zero attached hydrogens (tertiary/aromatic N) is 1. The number of amides is 1. The summed E-state index contributed by atoms with van der Waals surface area (Å²) in [5, 5.41) is 0. The summed E-state index contributed by atoms with van der Waals surface area (Å²) in [5.74, 6) is -0.799. The van der Waals surface area contributed by atoms with Crippen LogP contribution in [0.1, 0.15) is 34.1 Å². The van der Waals surface area contributed by atoms with E-state index in [0.717, 1.165) is 4.42 Å². The Morgan fingerprint density at radius 2 is 1.86 bits per heavy atom. The maximum atomic E-state index is 11.2. The van der Waals surface area contributed by atoms with E-state index in [2.05, 4.69) is 0 Å². The molecule has 0 rings (SSSR count). The molecule has 0 spiro atoms. The Bertz CT molecular complexity index is 223. The van der Waals surface area contributed by atoms with Crippen LogP contribution in [-0.2, 0) is 14.3 Å². The van der Waals surface area contributed by atoms with Gasteiger partial charge in [-0.05, 0) is 20.8 Å². The number of hydrogen-bond donors (Lipinski definition) is 0. The van der Waals surface area contributed by atoms with E-state index in [4.69, 9.17) is 16.5 Å². The van der Waals surface area contributed by atoms with E-state index in [1.54, 1.807) is 27.7 Å². The SMILES string of the molecule is CCC(=O)N(Cl)CC(=O)OC(C)(C)C. The lowest BCUT2D eigenvalue weighted by atomic mass is 10.2. The molecule has 0 aromatic heterocycles. The molecule has 0 aliphatic carbocycles. The van der Waals surface area contributed by atoms with Crippen LogP contribution in [-0.4, -0.2) is 28.4 Å². The number of carbonyl (C=O) groups is 2. The number of hydrogen-bond acceptors (Lipinski definition) is 3. The van der Waals surface area contributed by atoms with Gasteiger partial charge in [-0.15, -0.1) is 0 Å². The summed E-state index contributed by atoms with van der Waals surface area (Å²) < 4.78 is 5.83. The smallest absolute Gasteiger partial charge is 0.327 e. The van der Waals surface area contributed by atoms with Gasteiger partial charge in [0.05, 0.1) is 0 Å². The van der Waals surface area contributed by atoms with Crippen LogP contribution in [0.3, 0.4) is 0 Å². The highest BCUT2D eigenvalue weighted by molar-refractivity contribution is 6.22. The van der Waals surface area contributed by atoms with Crippen molar-refractivity contribution < 1.29 is 14.3 Å². The van der Waals surface area contributed by atoms with Crippen molar-refractivity contribution in [1.82, 2.24) is 4.42 Å². The first-order valence-electron chi connectivity index (χ1n) is 4.44. The quantitative estimate of drug-likeness (QED) is 0.539. The molecular weight excluding hydrogens is 206 g/mol. The van der Waals surface area contributed by atoms with E-state index in [-0.39, 0.29) is 18.9 Å². The summed E-state index contributed by atoms with van der Waals surface area (Å²) in [7, 11) is 0. The molecule has 0 atom stereocenters. The fourth-order valence-electron chi connectivity index (χ4n) is 0.747. The number of halogens is 1. The van der Waals surface area contributed by atoms with Crippen molar-refractivity contribution in [2.24, 2.45) is 0 Å². The van der Waals surface area contributed by atoms with Crippen molar-refractivity contribution in [2.45, 2.75) is 39.7 Å². The van der Waals surface area contributed by atoms with Crippen LogP contribution >= 0.6 is 11.8 Å². The third-order valence-electron chi connectivity index (χ3n) is 1.26. The second kappa shape index (κ2) is 5.20. The fraction of sp³-hybridized carbons (Fsp3) is 0.778. The van der Waals surface area contributed by atoms with Crippen LogP contribution < -0.4 is 0 Å². The minimum atomic E-state index is -0.552. The lowest BCUT2D eigenvalue weighted by Gasteiger charge is -2.21. The van der Waals surface area contributed by atoms with E-state index in [0.29, 0.717) is 0 Å². The summed E-state index contributed by atoms with van der Waals surface area (Å²) >= 11 is 5.54. The van der Waals surface area contributed by atoms with Gasteiger partial charge < -0.3 is 4.74 Å². The standard InChI is InChI=1S/C9H16ClNO3/c1-5-7(12)11(10)6-8(13)14-9(2,3)4/h5-6H2,1-4H3. The van der Waals surface area contributed by atoms with Gasteiger partial charge >= 0.3 is 5.97 Å². The highest BCUT2D eigenvalue weighted by atomic mass is 35.5. The zero-order valence-corrected chi connectivity index (χ0v) is 9.72. The average molecular weight is 222 g/mol. The van der Waals surface area contributed by atoms with E-state index >= 15 is 0 Å². The van der Waals surface area contributed by atoms with E-state index < -0.39 is 11.6 Å². The molecule has 0 aromatic rings. The lowest BCUT2D eigenvalue weighted by molar-refractivity contribution is -0.156. The van der Waals surface area contributed by atoms with Crippen LogP contribution in [0.2, 0.25) is 0 Å². The Morgan fingerprint density at radius 1 is 1.36 bits per heavy atom. The first-order chi connectivity index (χ1) is 6.26. The summed E-state index contributed by atoms with van der Waals surface area (Å²) in [6.07, 6.45) is 0.270. The molecule has 5 heteroatoms. The Balaban J connectivity index is 4.01. The maximum absolute atomic E-state index is 11.2. The van der Waals surface area contributed by atoms with Crippen LogP contribution in [0.15, 0.2) is 0 Å². The molecule has 0 fully saturated rings. The second-order valence-electron chi connectivity index (χ2n) is 3.85. The van der Waals surface area contributed by atoms with Gasteiger partial charge in [-0.25, -0.2) is 4.42 Å². The minimum Gasteiger partial charge on any atom is -0.459 e.